The average Bonchev–Trinajstić information content (AvgIpc) is 2.43. The van der Waals surface area contributed by atoms with E-state index in [9.17, 15) is 15.0 Å². The molecule has 0 amide bonds. The maximum atomic E-state index is 11.6. The Morgan fingerprint density at radius 3 is 2.14 bits per heavy atom. The van der Waals surface area contributed by atoms with Gasteiger partial charge in [0.15, 0.2) is 6.04 Å². The molecule has 0 spiro atoms. The van der Waals surface area contributed by atoms with Crippen LogP contribution in [0.15, 0.2) is 36.4 Å². The Kier molecular flexibility index (Phi) is 4.17. The molecule has 1 atom stereocenters. The molecule has 4 heteroatoms. The van der Waals surface area contributed by atoms with Crippen LogP contribution in [0.25, 0.3) is 0 Å². The van der Waals surface area contributed by atoms with Crippen molar-refractivity contribution < 1.29 is 15.0 Å². The third kappa shape index (κ3) is 3.16. The van der Waals surface area contributed by atoms with Crippen LogP contribution >= 0.6 is 0 Å². The third-order valence-electron chi connectivity index (χ3n) is 3.54. The fourth-order valence-corrected chi connectivity index (χ4v) is 2.33. The van der Waals surface area contributed by atoms with E-state index in [0.717, 1.165) is 11.3 Å². The van der Waals surface area contributed by atoms with Crippen molar-refractivity contribution in [2.75, 3.05) is 5.32 Å². The molecule has 0 saturated heterocycles. The number of rotatable bonds is 4. The highest BCUT2D eigenvalue weighted by atomic mass is 16.4. The van der Waals surface area contributed by atoms with Gasteiger partial charge in [0.1, 0.15) is 5.75 Å². The largest absolute Gasteiger partial charge is 0.507 e. The summed E-state index contributed by atoms with van der Waals surface area (Å²) in [6.07, 6.45) is 0. The first-order valence-electron chi connectivity index (χ1n) is 6.75. The Morgan fingerprint density at radius 2 is 1.62 bits per heavy atom. The van der Waals surface area contributed by atoms with Gasteiger partial charge < -0.3 is 15.5 Å². The summed E-state index contributed by atoms with van der Waals surface area (Å²) in [6, 6.07) is 10.1. The molecule has 0 fully saturated rings. The highest BCUT2D eigenvalue weighted by molar-refractivity contribution is 5.80. The van der Waals surface area contributed by atoms with Crippen LogP contribution in [0, 0.1) is 20.8 Å². The molecule has 1 unspecified atom stereocenters. The van der Waals surface area contributed by atoms with Crippen LogP contribution in [0.1, 0.15) is 28.3 Å². The van der Waals surface area contributed by atoms with E-state index in [4.69, 9.17) is 0 Å². The van der Waals surface area contributed by atoms with E-state index < -0.39 is 12.0 Å². The summed E-state index contributed by atoms with van der Waals surface area (Å²) in [7, 11) is 0. The van der Waals surface area contributed by atoms with Crippen LogP contribution < -0.4 is 5.32 Å². The van der Waals surface area contributed by atoms with Crippen molar-refractivity contribution in [3.8, 4) is 5.75 Å². The second-order valence-electron chi connectivity index (χ2n) is 5.23. The molecule has 21 heavy (non-hydrogen) atoms. The van der Waals surface area contributed by atoms with E-state index in [1.165, 1.54) is 0 Å². The molecule has 0 aromatic heterocycles. The van der Waals surface area contributed by atoms with Crippen molar-refractivity contribution in [1.29, 1.82) is 0 Å². The molecule has 110 valence electrons. The number of carbonyl (C=O) groups is 1. The zero-order chi connectivity index (χ0) is 15.6. The molecule has 3 N–H and O–H groups in total. The van der Waals surface area contributed by atoms with E-state index >= 15 is 0 Å². The van der Waals surface area contributed by atoms with Gasteiger partial charge in [0, 0.05) is 5.69 Å². The first kappa shape index (κ1) is 14.9. The fourth-order valence-electron chi connectivity index (χ4n) is 2.33. The van der Waals surface area contributed by atoms with E-state index in [2.05, 4.69) is 5.32 Å². The van der Waals surface area contributed by atoms with Gasteiger partial charge >= 0.3 is 5.97 Å². The van der Waals surface area contributed by atoms with Crippen LogP contribution in [-0.4, -0.2) is 16.2 Å². The topological polar surface area (TPSA) is 69.6 Å². The van der Waals surface area contributed by atoms with Gasteiger partial charge in [-0.2, -0.15) is 0 Å². The van der Waals surface area contributed by atoms with Crippen molar-refractivity contribution in [3.63, 3.8) is 0 Å². The van der Waals surface area contributed by atoms with Gasteiger partial charge in [0.05, 0.1) is 0 Å². The van der Waals surface area contributed by atoms with E-state index in [1.807, 2.05) is 31.2 Å². The molecule has 0 aliphatic rings. The standard InChI is InChI=1S/C17H19NO3/c1-10-6-4-5-7-14(10)18-15(17(20)21)13-8-11(2)16(19)12(3)9-13/h4-9,15,18-19H,1-3H3,(H,20,21). The predicted molar refractivity (Wildman–Crippen MR) is 82.8 cm³/mol. The number of aromatic hydroxyl groups is 1. The summed E-state index contributed by atoms with van der Waals surface area (Å²) in [4.78, 5) is 11.6. The second-order valence-corrected chi connectivity index (χ2v) is 5.23. The number of phenolic OH excluding ortho intramolecular Hbond substituents is 1. The first-order chi connectivity index (χ1) is 9.90. The summed E-state index contributed by atoms with van der Waals surface area (Å²) in [5.74, 6) is -0.749. The number of aliphatic carboxylic acids is 1. The maximum absolute atomic E-state index is 11.6. The molecule has 0 aliphatic heterocycles. The molecule has 0 saturated carbocycles. The van der Waals surface area contributed by atoms with Crippen molar-refractivity contribution in [2.24, 2.45) is 0 Å². The van der Waals surface area contributed by atoms with Gasteiger partial charge in [0.25, 0.3) is 0 Å². The van der Waals surface area contributed by atoms with E-state index in [-0.39, 0.29) is 5.75 Å². The molecule has 2 aromatic rings. The van der Waals surface area contributed by atoms with Crippen LogP contribution in [0.2, 0.25) is 0 Å². The van der Waals surface area contributed by atoms with Crippen molar-refractivity contribution >= 4 is 11.7 Å². The minimum atomic E-state index is -0.956. The summed E-state index contributed by atoms with van der Waals surface area (Å²) in [5, 5.41) is 22.4. The Labute approximate surface area is 124 Å². The Balaban J connectivity index is 2.41. The SMILES string of the molecule is Cc1ccccc1NC(C(=O)O)c1cc(C)c(O)c(C)c1. The normalized spacial score (nSPS) is 12.0. The van der Waals surface area contributed by atoms with Gasteiger partial charge in [-0.3, -0.25) is 0 Å². The van der Waals surface area contributed by atoms with Gasteiger partial charge in [-0.1, -0.05) is 18.2 Å². The highest BCUT2D eigenvalue weighted by Gasteiger charge is 2.21. The summed E-state index contributed by atoms with van der Waals surface area (Å²) in [6.45, 7) is 5.45. The lowest BCUT2D eigenvalue weighted by Gasteiger charge is -2.19. The fraction of sp³-hybridized carbons (Fsp3) is 0.235. The molecule has 0 radical (unpaired) electrons. The summed E-state index contributed by atoms with van der Waals surface area (Å²) >= 11 is 0. The number of hydrogen-bond acceptors (Lipinski definition) is 3. The Bertz CT molecular complexity index is 656. The van der Waals surface area contributed by atoms with Gasteiger partial charge in [-0.15, -0.1) is 0 Å². The molecule has 2 aromatic carbocycles. The van der Waals surface area contributed by atoms with Crippen LogP contribution in [-0.2, 0) is 4.79 Å². The van der Waals surface area contributed by atoms with Crippen LogP contribution in [0.3, 0.4) is 0 Å². The lowest BCUT2D eigenvalue weighted by molar-refractivity contribution is -0.138. The van der Waals surface area contributed by atoms with Gasteiger partial charge in [0.2, 0.25) is 0 Å². The molecule has 2 rings (SSSR count). The van der Waals surface area contributed by atoms with E-state index in [1.54, 1.807) is 26.0 Å². The Morgan fingerprint density at radius 1 is 1.05 bits per heavy atom. The summed E-state index contributed by atoms with van der Waals surface area (Å²) in [5.41, 5.74) is 3.73. The Hall–Kier alpha value is -2.49. The lowest BCUT2D eigenvalue weighted by atomic mass is 9.99. The van der Waals surface area contributed by atoms with Crippen molar-refractivity contribution in [3.05, 3.63) is 58.7 Å². The predicted octanol–water partition coefficient (Wildman–Crippen LogP) is 3.56. The zero-order valence-electron chi connectivity index (χ0n) is 12.3. The van der Waals surface area contributed by atoms with Crippen LogP contribution in [0.4, 0.5) is 5.69 Å². The molecular weight excluding hydrogens is 266 g/mol. The molecule has 4 nitrogen and oxygen atoms in total. The number of para-hydroxylation sites is 1. The molecule has 0 aliphatic carbocycles. The van der Waals surface area contributed by atoms with Crippen LogP contribution in [0.5, 0.6) is 5.75 Å². The third-order valence-corrected chi connectivity index (χ3v) is 3.54. The maximum Gasteiger partial charge on any atom is 0.330 e. The number of hydrogen-bond donors (Lipinski definition) is 3. The van der Waals surface area contributed by atoms with E-state index in [0.29, 0.717) is 16.7 Å². The quantitative estimate of drug-likeness (QED) is 0.803. The first-order valence-corrected chi connectivity index (χ1v) is 6.75. The van der Waals surface area contributed by atoms with Crippen molar-refractivity contribution in [2.45, 2.75) is 26.8 Å². The lowest BCUT2D eigenvalue weighted by Crippen LogP contribution is -2.21. The number of carboxylic acid groups (broad SMARTS) is 1. The number of benzene rings is 2. The number of phenols is 1. The monoisotopic (exact) mass is 285 g/mol. The molecular formula is C17H19NO3. The van der Waals surface area contributed by atoms with Gasteiger partial charge in [-0.25, -0.2) is 4.79 Å². The molecule has 0 heterocycles. The molecule has 0 bridgehead atoms. The zero-order valence-corrected chi connectivity index (χ0v) is 12.3. The number of nitrogens with one attached hydrogen (secondary N) is 1. The average molecular weight is 285 g/mol. The minimum absolute atomic E-state index is 0.207. The highest BCUT2D eigenvalue weighted by Crippen LogP contribution is 2.29. The van der Waals surface area contributed by atoms with Crippen molar-refractivity contribution in [1.82, 2.24) is 0 Å². The summed E-state index contributed by atoms with van der Waals surface area (Å²) < 4.78 is 0. The number of carboxylic acids is 1. The minimum Gasteiger partial charge on any atom is -0.507 e. The number of aryl methyl sites for hydroxylation is 3. The van der Waals surface area contributed by atoms with Gasteiger partial charge in [-0.05, 0) is 61.2 Å². The second kappa shape index (κ2) is 5.87. The number of anilines is 1. The smallest absolute Gasteiger partial charge is 0.330 e.